The number of hydrogen-bond acceptors (Lipinski definition) is 5. The average Bonchev–Trinajstić information content (AvgIpc) is 3.28. The second-order valence-electron chi connectivity index (χ2n) is 7.90. The number of benzene rings is 2. The molecule has 0 unspecified atom stereocenters. The van der Waals surface area contributed by atoms with Crippen molar-refractivity contribution in [2.45, 2.75) is 12.5 Å². The predicted octanol–water partition coefficient (Wildman–Crippen LogP) is 3.10. The van der Waals surface area contributed by atoms with Crippen LogP contribution in [0.15, 0.2) is 48.5 Å². The molecular weight excluding hydrogens is 366 g/mol. The molecule has 0 saturated carbocycles. The van der Waals surface area contributed by atoms with Crippen molar-refractivity contribution in [3.63, 3.8) is 0 Å². The Labute approximate surface area is 172 Å². The summed E-state index contributed by atoms with van der Waals surface area (Å²) >= 11 is 0. The monoisotopic (exact) mass is 395 g/mol. The molecule has 0 aromatic heterocycles. The summed E-state index contributed by atoms with van der Waals surface area (Å²) in [6, 6.07) is 16.0. The molecule has 2 heterocycles. The maximum absolute atomic E-state index is 12.5. The number of methoxy groups -OCH3 is 1. The topological polar surface area (TPSA) is 54.0 Å². The van der Waals surface area contributed by atoms with Crippen LogP contribution in [-0.4, -0.2) is 63.9 Å². The Balaban J connectivity index is 1.34. The molecule has 2 aliphatic heterocycles. The van der Waals surface area contributed by atoms with Gasteiger partial charge in [-0.1, -0.05) is 0 Å². The molecule has 2 aliphatic rings. The number of carbonyl (C=O) groups is 1. The molecule has 2 atom stereocenters. The summed E-state index contributed by atoms with van der Waals surface area (Å²) in [6.45, 7) is 4.48. The number of likely N-dealkylation sites (tertiary alicyclic amines) is 1. The lowest BCUT2D eigenvalue weighted by Gasteiger charge is -2.26. The van der Waals surface area contributed by atoms with Crippen molar-refractivity contribution < 1.29 is 14.3 Å². The van der Waals surface area contributed by atoms with Crippen LogP contribution in [0.1, 0.15) is 16.8 Å². The van der Waals surface area contributed by atoms with Crippen LogP contribution in [-0.2, 0) is 4.74 Å². The Morgan fingerprint density at radius 3 is 2.55 bits per heavy atom. The van der Waals surface area contributed by atoms with Crippen LogP contribution in [0.3, 0.4) is 0 Å². The summed E-state index contributed by atoms with van der Waals surface area (Å²) < 4.78 is 10.5. The van der Waals surface area contributed by atoms with Crippen molar-refractivity contribution in [2.24, 2.45) is 5.92 Å². The first-order chi connectivity index (χ1) is 14.1. The Hall–Kier alpha value is -2.57. The zero-order valence-electron chi connectivity index (χ0n) is 17.1. The molecule has 1 amide bonds. The number of ether oxygens (including phenoxy) is 2. The Morgan fingerprint density at radius 1 is 1.07 bits per heavy atom. The van der Waals surface area contributed by atoms with Gasteiger partial charge >= 0.3 is 0 Å². The van der Waals surface area contributed by atoms with Gasteiger partial charge in [0.2, 0.25) is 0 Å². The minimum Gasteiger partial charge on any atom is -0.491 e. The van der Waals surface area contributed by atoms with E-state index in [1.807, 2.05) is 12.1 Å². The van der Waals surface area contributed by atoms with Crippen LogP contribution in [0.2, 0.25) is 0 Å². The smallest absolute Gasteiger partial charge is 0.255 e. The minimum absolute atomic E-state index is 0.125. The number of nitrogens with zero attached hydrogens (tertiary/aromatic N) is 2. The zero-order valence-corrected chi connectivity index (χ0v) is 17.1. The third-order valence-electron chi connectivity index (χ3n) is 5.86. The molecule has 0 radical (unpaired) electrons. The van der Waals surface area contributed by atoms with Gasteiger partial charge in [0.15, 0.2) is 0 Å². The molecule has 2 fully saturated rings. The Morgan fingerprint density at radius 2 is 1.83 bits per heavy atom. The largest absolute Gasteiger partial charge is 0.491 e. The van der Waals surface area contributed by atoms with Gasteiger partial charge in [0.25, 0.3) is 5.91 Å². The summed E-state index contributed by atoms with van der Waals surface area (Å²) in [5.41, 5.74) is 2.64. The SMILES string of the molecule is COCCOc1ccc(C(=O)Nc2ccc(N3CC[C@@H]4CN(C)C[C@@H]43)cc2)cc1. The second kappa shape index (κ2) is 8.84. The summed E-state index contributed by atoms with van der Waals surface area (Å²) in [4.78, 5) is 17.5. The molecular formula is C23H29N3O3. The molecule has 6 nitrogen and oxygen atoms in total. The first-order valence-corrected chi connectivity index (χ1v) is 10.2. The van der Waals surface area contributed by atoms with Gasteiger partial charge in [-0.3, -0.25) is 4.79 Å². The summed E-state index contributed by atoms with van der Waals surface area (Å²) in [5.74, 6) is 1.38. The number of likely N-dealkylation sites (N-methyl/N-ethyl adjacent to an activating group) is 1. The highest BCUT2D eigenvalue weighted by atomic mass is 16.5. The van der Waals surface area contributed by atoms with Gasteiger partial charge in [-0.2, -0.15) is 0 Å². The lowest BCUT2D eigenvalue weighted by molar-refractivity contribution is 0.102. The molecule has 4 rings (SSSR count). The fourth-order valence-electron chi connectivity index (χ4n) is 4.38. The zero-order chi connectivity index (χ0) is 20.2. The number of rotatable bonds is 7. The van der Waals surface area contributed by atoms with Crippen molar-refractivity contribution in [1.82, 2.24) is 4.90 Å². The van der Waals surface area contributed by atoms with E-state index in [9.17, 15) is 4.79 Å². The van der Waals surface area contributed by atoms with E-state index in [1.54, 1.807) is 31.4 Å². The molecule has 0 bridgehead atoms. The lowest BCUT2D eigenvalue weighted by Crippen LogP contribution is -2.34. The highest BCUT2D eigenvalue weighted by Gasteiger charge is 2.39. The van der Waals surface area contributed by atoms with Gasteiger partial charge in [0.05, 0.1) is 6.61 Å². The lowest BCUT2D eigenvalue weighted by atomic mass is 10.0. The first kappa shape index (κ1) is 19.7. The van der Waals surface area contributed by atoms with Gasteiger partial charge in [-0.15, -0.1) is 0 Å². The fourth-order valence-corrected chi connectivity index (χ4v) is 4.38. The molecule has 1 N–H and O–H groups in total. The molecule has 2 aromatic rings. The fraction of sp³-hybridized carbons (Fsp3) is 0.435. The van der Waals surface area contributed by atoms with Crippen LogP contribution in [0.25, 0.3) is 0 Å². The average molecular weight is 396 g/mol. The number of nitrogens with one attached hydrogen (secondary N) is 1. The molecule has 6 heteroatoms. The Kier molecular flexibility index (Phi) is 6.02. The maximum Gasteiger partial charge on any atom is 0.255 e. The second-order valence-corrected chi connectivity index (χ2v) is 7.90. The third kappa shape index (κ3) is 4.54. The molecule has 29 heavy (non-hydrogen) atoms. The quantitative estimate of drug-likeness (QED) is 0.730. The van der Waals surface area contributed by atoms with Crippen LogP contribution < -0.4 is 15.0 Å². The third-order valence-corrected chi connectivity index (χ3v) is 5.86. The predicted molar refractivity (Wildman–Crippen MR) is 115 cm³/mol. The molecule has 2 saturated heterocycles. The van der Waals surface area contributed by atoms with E-state index in [0.717, 1.165) is 30.4 Å². The number of carbonyl (C=O) groups excluding carboxylic acids is 1. The van der Waals surface area contributed by atoms with Gasteiger partial charge in [0, 0.05) is 49.7 Å². The summed E-state index contributed by atoms with van der Waals surface area (Å²) in [6.07, 6.45) is 1.26. The maximum atomic E-state index is 12.5. The van der Waals surface area contributed by atoms with Crippen LogP contribution in [0.4, 0.5) is 11.4 Å². The number of amides is 1. The van der Waals surface area contributed by atoms with Crippen molar-refractivity contribution in [3.8, 4) is 5.75 Å². The van der Waals surface area contributed by atoms with Crippen molar-refractivity contribution in [1.29, 1.82) is 0 Å². The normalized spacial score (nSPS) is 21.2. The van der Waals surface area contributed by atoms with E-state index in [-0.39, 0.29) is 5.91 Å². The first-order valence-electron chi connectivity index (χ1n) is 10.2. The van der Waals surface area contributed by atoms with Crippen molar-refractivity contribution in [2.75, 3.05) is 57.2 Å². The van der Waals surface area contributed by atoms with E-state index >= 15 is 0 Å². The Bertz CT molecular complexity index is 822. The highest BCUT2D eigenvalue weighted by Crippen LogP contribution is 2.34. The van der Waals surface area contributed by atoms with Crippen LogP contribution in [0, 0.1) is 5.92 Å². The standard InChI is InChI=1S/C23H29N3O3/c1-25-15-18-11-12-26(22(18)16-25)20-7-5-19(6-8-20)24-23(27)17-3-9-21(10-4-17)29-14-13-28-2/h3-10,18,22H,11-16H2,1-2H3,(H,24,27)/t18-,22+/m1/s1. The van der Waals surface area contributed by atoms with Gasteiger partial charge in [-0.25, -0.2) is 0 Å². The van der Waals surface area contributed by atoms with Gasteiger partial charge in [0.1, 0.15) is 12.4 Å². The van der Waals surface area contributed by atoms with Gasteiger partial charge in [-0.05, 0) is 67.9 Å². The van der Waals surface area contributed by atoms with E-state index in [1.165, 1.54) is 18.7 Å². The van der Waals surface area contributed by atoms with Crippen LogP contribution in [0.5, 0.6) is 5.75 Å². The molecule has 0 aliphatic carbocycles. The van der Waals surface area contributed by atoms with E-state index < -0.39 is 0 Å². The minimum atomic E-state index is -0.125. The summed E-state index contributed by atoms with van der Waals surface area (Å²) in [5, 5.41) is 2.97. The van der Waals surface area contributed by atoms with E-state index in [0.29, 0.717) is 24.8 Å². The number of hydrogen-bond donors (Lipinski definition) is 1. The van der Waals surface area contributed by atoms with Crippen molar-refractivity contribution in [3.05, 3.63) is 54.1 Å². The number of anilines is 2. The van der Waals surface area contributed by atoms with Crippen LogP contribution >= 0.6 is 0 Å². The van der Waals surface area contributed by atoms with E-state index in [2.05, 4.69) is 34.3 Å². The summed E-state index contributed by atoms with van der Waals surface area (Å²) in [7, 11) is 3.84. The highest BCUT2D eigenvalue weighted by molar-refractivity contribution is 6.04. The molecule has 2 aromatic carbocycles. The molecule has 154 valence electrons. The van der Waals surface area contributed by atoms with Crippen molar-refractivity contribution >= 4 is 17.3 Å². The molecule has 0 spiro atoms. The van der Waals surface area contributed by atoms with Gasteiger partial charge < -0.3 is 24.6 Å². The van der Waals surface area contributed by atoms with E-state index in [4.69, 9.17) is 9.47 Å². The number of fused-ring (bicyclic) bond motifs is 1.